The first-order valence-corrected chi connectivity index (χ1v) is 9.14. The number of aryl methyl sites for hydroxylation is 1. The number of hydrogen-bond acceptors (Lipinski definition) is 6. The molecule has 12 heteroatoms. The van der Waals surface area contributed by atoms with Crippen molar-refractivity contribution in [1.29, 1.82) is 0 Å². The van der Waals surface area contributed by atoms with E-state index in [2.05, 4.69) is 15.0 Å². The molecule has 0 radical (unpaired) electrons. The van der Waals surface area contributed by atoms with E-state index in [1.807, 2.05) is 19.0 Å². The lowest BCUT2D eigenvalue weighted by molar-refractivity contribution is 0.0996. The van der Waals surface area contributed by atoms with Crippen LogP contribution in [0.5, 0.6) is 5.88 Å². The highest BCUT2D eigenvalue weighted by Gasteiger charge is 2.24. The summed E-state index contributed by atoms with van der Waals surface area (Å²) in [6.45, 7) is 1.44. The van der Waals surface area contributed by atoms with Crippen LogP contribution in [0, 0.1) is 24.4 Å². The number of carbonyl (C=O) groups excluding carboxylic acids is 2. The van der Waals surface area contributed by atoms with E-state index in [1.165, 1.54) is 6.92 Å². The largest absolute Gasteiger partial charge is 0.471 e. The van der Waals surface area contributed by atoms with Crippen molar-refractivity contribution in [2.75, 3.05) is 32.5 Å². The quantitative estimate of drug-likeness (QED) is 0.556. The van der Waals surface area contributed by atoms with Crippen molar-refractivity contribution >= 4 is 28.5 Å². The molecular formula is C17H20F3N5O3S. The van der Waals surface area contributed by atoms with Crippen LogP contribution < -0.4 is 21.1 Å². The molecule has 0 bridgehead atoms. The SMILES string of the molecule is Cc1cc(F)c(COc2nsc(NC(=O)NCCN(C)C)c2C(N)=O)c(F)c1F. The van der Waals surface area contributed by atoms with Crippen LogP contribution in [0.25, 0.3) is 0 Å². The lowest BCUT2D eigenvalue weighted by Crippen LogP contribution is -2.34. The molecular weight excluding hydrogens is 411 g/mol. The number of carbonyl (C=O) groups is 2. The van der Waals surface area contributed by atoms with Crippen LogP contribution in [0.3, 0.4) is 0 Å². The minimum atomic E-state index is -1.39. The number of nitrogens with two attached hydrogens (primary N) is 1. The van der Waals surface area contributed by atoms with E-state index in [-0.39, 0.29) is 22.0 Å². The number of likely N-dealkylation sites (N-methyl/N-ethyl adjacent to an activating group) is 1. The van der Waals surface area contributed by atoms with E-state index >= 15 is 0 Å². The fourth-order valence-electron chi connectivity index (χ4n) is 2.24. The van der Waals surface area contributed by atoms with Gasteiger partial charge in [-0.05, 0) is 44.2 Å². The minimum Gasteiger partial charge on any atom is -0.471 e. The van der Waals surface area contributed by atoms with E-state index in [0.29, 0.717) is 24.6 Å². The maximum Gasteiger partial charge on any atom is 0.319 e. The van der Waals surface area contributed by atoms with Crippen molar-refractivity contribution in [2.24, 2.45) is 5.73 Å². The second-order valence-corrected chi connectivity index (χ2v) is 7.08. The van der Waals surface area contributed by atoms with Crippen molar-refractivity contribution in [3.8, 4) is 5.88 Å². The Bertz CT molecular complexity index is 920. The van der Waals surface area contributed by atoms with E-state index in [4.69, 9.17) is 10.5 Å². The molecule has 1 aromatic carbocycles. The molecule has 3 amide bonds. The zero-order valence-corrected chi connectivity index (χ0v) is 16.8. The van der Waals surface area contributed by atoms with Crippen LogP contribution in [0.15, 0.2) is 6.07 Å². The number of rotatable bonds is 8. The van der Waals surface area contributed by atoms with E-state index < -0.39 is 41.6 Å². The molecule has 0 saturated heterocycles. The first-order valence-electron chi connectivity index (χ1n) is 8.36. The second kappa shape index (κ2) is 9.56. The summed E-state index contributed by atoms with van der Waals surface area (Å²) in [6.07, 6.45) is 0. The fourth-order valence-corrected chi connectivity index (χ4v) is 2.98. The topological polar surface area (TPSA) is 110 Å². The molecule has 29 heavy (non-hydrogen) atoms. The standard InChI is InChI=1S/C17H20F3N5O3S/c1-8-6-10(18)9(13(20)12(8)19)7-28-15-11(14(21)26)16(29-24-15)23-17(27)22-4-5-25(2)3/h6H,4-5,7H2,1-3H3,(H2,21,26)(H2,22,23,27). The number of primary amides is 1. The summed E-state index contributed by atoms with van der Waals surface area (Å²) < 4.78 is 50.6. The lowest BCUT2D eigenvalue weighted by Gasteiger charge is -2.11. The van der Waals surface area contributed by atoms with Crippen LogP contribution >= 0.6 is 11.5 Å². The van der Waals surface area contributed by atoms with E-state index in [1.54, 1.807) is 0 Å². The van der Waals surface area contributed by atoms with E-state index in [0.717, 1.165) is 6.07 Å². The molecule has 0 atom stereocenters. The van der Waals surface area contributed by atoms with Gasteiger partial charge in [0, 0.05) is 13.1 Å². The minimum absolute atomic E-state index is 0.00545. The molecule has 0 aliphatic heterocycles. The van der Waals surface area contributed by atoms with Crippen LogP contribution in [-0.2, 0) is 6.61 Å². The molecule has 2 rings (SSSR count). The molecule has 0 spiro atoms. The van der Waals surface area contributed by atoms with Gasteiger partial charge in [0.2, 0.25) is 5.88 Å². The first kappa shape index (κ1) is 22.4. The molecule has 0 fully saturated rings. The maximum absolute atomic E-state index is 14.0. The number of urea groups is 1. The van der Waals surface area contributed by atoms with Gasteiger partial charge in [-0.3, -0.25) is 10.1 Å². The number of nitrogens with zero attached hydrogens (tertiary/aromatic N) is 2. The van der Waals surface area contributed by atoms with Crippen LogP contribution in [0.4, 0.5) is 23.0 Å². The number of ether oxygens (including phenoxy) is 1. The Morgan fingerprint density at radius 3 is 2.59 bits per heavy atom. The van der Waals surface area contributed by atoms with Gasteiger partial charge in [-0.1, -0.05) is 0 Å². The van der Waals surface area contributed by atoms with Crippen molar-refractivity contribution in [3.05, 3.63) is 40.2 Å². The zero-order valence-electron chi connectivity index (χ0n) is 15.9. The number of halogens is 3. The van der Waals surface area contributed by atoms with Gasteiger partial charge in [-0.25, -0.2) is 18.0 Å². The smallest absolute Gasteiger partial charge is 0.319 e. The molecule has 158 valence electrons. The van der Waals surface area contributed by atoms with Crippen molar-refractivity contribution in [3.63, 3.8) is 0 Å². The molecule has 2 aromatic rings. The Hall–Kier alpha value is -2.86. The average Bonchev–Trinajstić information content (AvgIpc) is 3.02. The molecule has 0 unspecified atom stereocenters. The Morgan fingerprint density at radius 1 is 1.28 bits per heavy atom. The Morgan fingerprint density at radius 2 is 1.97 bits per heavy atom. The summed E-state index contributed by atoms with van der Waals surface area (Å²) in [4.78, 5) is 25.5. The highest BCUT2D eigenvalue weighted by Crippen LogP contribution is 2.31. The molecule has 1 aromatic heterocycles. The number of nitrogens with one attached hydrogen (secondary N) is 2. The molecule has 1 heterocycles. The predicted molar refractivity (Wildman–Crippen MR) is 102 cm³/mol. The highest BCUT2D eigenvalue weighted by atomic mass is 32.1. The van der Waals surface area contributed by atoms with Gasteiger partial charge < -0.3 is 20.7 Å². The third-order valence-corrected chi connectivity index (χ3v) is 4.51. The van der Waals surface area contributed by atoms with Gasteiger partial charge in [0.15, 0.2) is 11.6 Å². The van der Waals surface area contributed by atoms with Crippen molar-refractivity contribution in [2.45, 2.75) is 13.5 Å². The van der Waals surface area contributed by atoms with Gasteiger partial charge in [0.05, 0.1) is 5.56 Å². The Kier molecular flexibility index (Phi) is 7.40. The summed E-state index contributed by atoms with van der Waals surface area (Å²) in [5, 5.41) is 5.00. The summed E-state index contributed by atoms with van der Waals surface area (Å²) in [5.74, 6) is -4.89. The van der Waals surface area contributed by atoms with Crippen LogP contribution in [0.1, 0.15) is 21.5 Å². The number of benzene rings is 1. The lowest BCUT2D eigenvalue weighted by atomic mass is 10.1. The monoisotopic (exact) mass is 431 g/mol. The Balaban J connectivity index is 2.14. The first-order chi connectivity index (χ1) is 13.6. The maximum atomic E-state index is 14.0. The third kappa shape index (κ3) is 5.57. The summed E-state index contributed by atoms with van der Waals surface area (Å²) in [6, 6.07) is 0.236. The van der Waals surface area contributed by atoms with Crippen LogP contribution in [-0.4, -0.2) is 48.4 Å². The van der Waals surface area contributed by atoms with Gasteiger partial charge >= 0.3 is 6.03 Å². The zero-order chi connectivity index (χ0) is 21.7. The van der Waals surface area contributed by atoms with Gasteiger partial charge in [-0.15, -0.1) is 0 Å². The molecule has 0 aliphatic carbocycles. The highest BCUT2D eigenvalue weighted by molar-refractivity contribution is 7.11. The normalized spacial score (nSPS) is 10.9. The predicted octanol–water partition coefficient (Wildman–Crippen LogP) is 2.23. The number of aromatic nitrogens is 1. The van der Waals surface area contributed by atoms with Gasteiger partial charge in [-0.2, -0.15) is 4.37 Å². The summed E-state index contributed by atoms with van der Waals surface area (Å²) in [7, 11) is 3.67. The Labute approximate surface area is 169 Å². The van der Waals surface area contributed by atoms with Crippen molar-refractivity contribution < 1.29 is 27.5 Å². The summed E-state index contributed by atoms with van der Waals surface area (Å²) >= 11 is 0.702. The molecule has 0 saturated carbocycles. The third-order valence-electron chi connectivity index (χ3n) is 3.77. The van der Waals surface area contributed by atoms with Crippen LogP contribution in [0.2, 0.25) is 0 Å². The van der Waals surface area contributed by atoms with Gasteiger partial charge in [0.1, 0.15) is 23.0 Å². The second-order valence-electron chi connectivity index (χ2n) is 6.31. The molecule has 0 aliphatic rings. The number of hydrogen-bond donors (Lipinski definition) is 3. The van der Waals surface area contributed by atoms with E-state index in [9.17, 15) is 22.8 Å². The van der Waals surface area contributed by atoms with Crippen molar-refractivity contribution in [1.82, 2.24) is 14.6 Å². The fraction of sp³-hybridized carbons (Fsp3) is 0.353. The number of anilines is 1. The van der Waals surface area contributed by atoms with Gasteiger partial charge in [0.25, 0.3) is 5.91 Å². The average molecular weight is 431 g/mol. The molecule has 8 nitrogen and oxygen atoms in total. The summed E-state index contributed by atoms with van der Waals surface area (Å²) in [5.41, 5.74) is 4.20. The molecule has 4 N–H and O–H groups in total. The number of amides is 3.